The Balaban J connectivity index is 1.74. The van der Waals surface area contributed by atoms with Crippen molar-refractivity contribution in [2.75, 3.05) is 13.6 Å². The molecule has 0 spiro atoms. The first kappa shape index (κ1) is 20.9. The van der Waals surface area contributed by atoms with Crippen LogP contribution in [0.15, 0.2) is 42.7 Å². The third-order valence-electron chi connectivity index (χ3n) is 5.47. The van der Waals surface area contributed by atoms with Crippen LogP contribution in [0.2, 0.25) is 0 Å². The number of pyridine rings is 1. The molecule has 2 aromatic heterocycles. The molecule has 4 rings (SSSR count). The van der Waals surface area contributed by atoms with Crippen molar-refractivity contribution < 1.29 is 22.4 Å². The molecule has 9 heteroatoms. The number of likely N-dealkylation sites (N-methyl/N-ethyl adjacent to an activating group) is 1. The van der Waals surface area contributed by atoms with E-state index < -0.39 is 23.5 Å². The minimum atomic E-state index is -4.66. The van der Waals surface area contributed by atoms with Crippen LogP contribution in [0.1, 0.15) is 45.6 Å². The summed E-state index contributed by atoms with van der Waals surface area (Å²) in [6, 6.07) is 5.78. The quantitative estimate of drug-likeness (QED) is 0.575. The summed E-state index contributed by atoms with van der Waals surface area (Å²) in [6.07, 6.45) is -1.01. The van der Waals surface area contributed by atoms with E-state index in [2.05, 4.69) is 15.2 Å². The van der Waals surface area contributed by atoms with E-state index in [1.54, 1.807) is 31.0 Å². The van der Waals surface area contributed by atoms with Gasteiger partial charge in [-0.1, -0.05) is 6.92 Å². The number of hydrogen-bond donors (Lipinski definition) is 0. The normalized spacial score (nSPS) is 15.0. The summed E-state index contributed by atoms with van der Waals surface area (Å²) < 4.78 is 53.1. The Bertz CT molecular complexity index is 1160. The van der Waals surface area contributed by atoms with Crippen molar-refractivity contribution in [1.82, 2.24) is 20.1 Å². The van der Waals surface area contributed by atoms with Crippen molar-refractivity contribution in [2.45, 2.75) is 25.4 Å². The fraction of sp³-hybridized carbons (Fsp3) is 0.273. The lowest BCUT2D eigenvalue weighted by atomic mass is 9.92. The van der Waals surface area contributed by atoms with Crippen LogP contribution in [-0.4, -0.2) is 39.6 Å². The van der Waals surface area contributed by atoms with Gasteiger partial charge in [0.05, 0.1) is 23.1 Å². The SMILES string of the molecule is C[C@H](c1cc(F)cc(C(F)(F)F)c1)c1cc(-c2nccc3c2CCN(C)C3=O)cnn1. The van der Waals surface area contributed by atoms with Crippen LogP contribution >= 0.6 is 0 Å². The summed E-state index contributed by atoms with van der Waals surface area (Å²) >= 11 is 0. The molecule has 0 aliphatic carbocycles. The molecule has 0 bridgehead atoms. The largest absolute Gasteiger partial charge is 0.416 e. The predicted molar refractivity (Wildman–Crippen MR) is 105 cm³/mol. The highest BCUT2D eigenvalue weighted by molar-refractivity contribution is 5.98. The van der Waals surface area contributed by atoms with Gasteiger partial charge in [-0.25, -0.2) is 4.39 Å². The lowest BCUT2D eigenvalue weighted by Crippen LogP contribution is -2.34. The molecule has 1 aromatic carbocycles. The van der Waals surface area contributed by atoms with E-state index in [1.165, 1.54) is 12.4 Å². The predicted octanol–water partition coefficient (Wildman–Crippen LogP) is 4.48. The van der Waals surface area contributed by atoms with Crippen LogP contribution in [0.3, 0.4) is 0 Å². The van der Waals surface area contributed by atoms with Crippen molar-refractivity contribution in [3.63, 3.8) is 0 Å². The standard InChI is InChI=1S/C22H18F4N4O/c1-12(13-7-15(22(24,25)26)10-16(23)8-13)19-9-14(11-28-29-19)20-17-4-6-30(2)21(31)18(17)3-5-27-20/h3,5,7-12H,4,6H2,1-2H3/t12-/m1/s1. The van der Waals surface area contributed by atoms with E-state index in [-0.39, 0.29) is 11.5 Å². The zero-order valence-corrected chi connectivity index (χ0v) is 16.7. The van der Waals surface area contributed by atoms with Crippen molar-refractivity contribution in [2.24, 2.45) is 0 Å². The Morgan fingerprint density at radius 1 is 1.16 bits per heavy atom. The van der Waals surface area contributed by atoms with Crippen molar-refractivity contribution >= 4 is 5.91 Å². The first-order valence-electron chi connectivity index (χ1n) is 9.59. The van der Waals surface area contributed by atoms with Gasteiger partial charge >= 0.3 is 6.18 Å². The molecule has 1 atom stereocenters. The Hall–Kier alpha value is -3.36. The topological polar surface area (TPSA) is 59.0 Å². The summed E-state index contributed by atoms with van der Waals surface area (Å²) in [6.45, 7) is 2.19. The second-order valence-corrected chi connectivity index (χ2v) is 7.52. The van der Waals surface area contributed by atoms with Gasteiger partial charge in [0.2, 0.25) is 0 Å². The highest BCUT2D eigenvalue weighted by Crippen LogP contribution is 2.34. The number of amides is 1. The Morgan fingerprint density at radius 2 is 1.94 bits per heavy atom. The summed E-state index contributed by atoms with van der Waals surface area (Å²) in [4.78, 5) is 18.5. The second-order valence-electron chi connectivity index (χ2n) is 7.52. The van der Waals surface area contributed by atoms with Gasteiger partial charge in [-0.3, -0.25) is 9.78 Å². The first-order chi connectivity index (χ1) is 14.6. The second kappa shape index (κ2) is 7.72. The summed E-state index contributed by atoms with van der Waals surface area (Å²) in [7, 11) is 1.73. The molecule has 0 saturated heterocycles. The van der Waals surface area contributed by atoms with E-state index in [1.807, 2.05) is 0 Å². The fourth-order valence-corrected chi connectivity index (χ4v) is 3.70. The number of alkyl halides is 3. The van der Waals surface area contributed by atoms with Gasteiger partial charge in [0.25, 0.3) is 5.91 Å². The highest BCUT2D eigenvalue weighted by atomic mass is 19.4. The number of carbonyl (C=O) groups excluding carboxylic acids is 1. The van der Waals surface area contributed by atoms with Crippen LogP contribution in [0, 0.1) is 5.82 Å². The van der Waals surface area contributed by atoms with Crippen LogP contribution in [0.4, 0.5) is 17.6 Å². The number of fused-ring (bicyclic) bond motifs is 1. The monoisotopic (exact) mass is 430 g/mol. The van der Waals surface area contributed by atoms with Crippen molar-refractivity contribution in [3.8, 4) is 11.3 Å². The van der Waals surface area contributed by atoms with E-state index in [9.17, 15) is 22.4 Å². The van der Waals surface area contributed by atoms with E-state index in [0.717, 1.165) is 17.7 Å². The molecule has 5 nitrogen and oxygen atoms in total. The van der Waals surface area contributed by atoms with Gasteiger partial charge < -0.3 is 4.90 Å². The zero-order valence-electron chi connectivity index (χ0n) is 16.7. The van der Waals surface area contributed by atoms with Gasteiger partial charge in [0, 0.05) is 36.8 Å². The van der Waals surface area contributed by atoms with Gasteiger partial charge in [-0.2, -0.15) is 23.4 Å². The molecule has 0 N–H and O–H groups in total. The number of nitrogens with zero attached hydrogens (tertiary/aromatic N) is 4. The Labute approximate surface area is 175 Å². The smallest absolute Gasteiger partial charge is 0.341 e. The summed E-state index contributed by atoms with van der Waals surface area (Å²) in [5, 5.41) is 8.03. The average molecular weight is 430 g/mol. The van der Waals surface area contributed by atoms with Crippen LogP contribution in [0.5, 0.6) is 0 Å². The van der Waals surface area contributed by atoms with Crippen LogP contribution in [0.25, 0.3) is 11.3 Å². The molecular weight excluding hydrogens is 412 g/mol. The van der Waals surface area contributed by atoms with Gasteiger partial charge in [0.15, 0.2) is 0 Å². The molecule has 0 unspecified atom stereocenters. The number of carbonyl (C=O) groups is 1. The number of aromatic nitrogens is 3. The van der Waals surface area contributed by atoms with Gasteiger partial charge in [-0.15, -0.1) is 0 Å². The molecule has 1 aliphatic heterocycles. The highest BCUT2D eigenvalue weighted by Gasteiger charge is 2.32. The van der Waals surface area contributed by atoms with E-state index in [4.69, 9.17) is 0 Å². The molecule has 3 heterocycles. The van der Waals surface area contributed by atoms with Gasteiger partial charge in [-0.05, 0) is 47.9 Å². The Morgan fingerprint density at radius 3 is 2.68 bits per heavy atom. The molecule has 1 aliphatic rings. The summed E-state index contributed by atoms with van der Waals surface area (Å²) in [5.74, 6) is -1.71. The molecule has 0 saturated carbocycles. The van der Waals surface area contributed by atoms with E-state index in [0.29, 0.717) is 41.5 Å². The van der Waals surface area contributed by atoms with E-state index >= 15 is 0 Å². The van der Waals surface area contributed by atoms with Crippen LogP contribution < -0.4 is 0 Å². The third kappa shape index (κ3) is 3.99. The minimum Gasteiger partial charge on any atom is -0.341 e. The molecule has 0 fully saturated rings. The first-order valence-corrected chi connectivity index (χ1v) is 9.59. The number of rotatable bonds is 3. The zero-order chi connectivity index (χ0) is 22.3. The number of halogens is 4. The maximum Gasteiger partial charge on any atom is 0.416 e. The van der Waals surface area contributed by atoms with Gasteiger partial charge in [0.1, 0.15) is 5.82 Å². The van der Waals surface area contributed by atoms with Crippen molar-refractivity contribution in [3.05, 3.63) is 76.5 Å². The Kier molecular flexibility index (Phi) is 5.20. The molecule has 3 aromatic rings. The molecule has 160 valence electrons. The molecule has 0 radical (unpaired) electrons. The lowest BCUT2D eigenvalue weighted by molar-refractivity contribution is -0.137. The van der Waals surface area contributed by atoms with Crippen molar-refractivity contribution in [1.29, 1.82) is 0 Å². The third-order valence-corrected chi connectivity index (χ3v) is 5.47. The maximum absolute atomic E-state index is 13.9. The molecule has 31 heavy (non-hydrogen) atoms. The number of hydrogen-bond acceptors (Lipinski definition) is 4. The molecule has 1 amide bonds. The minimum absolute atomic E-state index is 0.0973. The maximum atomic E-state index is 13.9. The lowest BCUT2D eigenvalue weighted by Gasteiger charge is -2.26. The number of benzene rings is 1. The fourth-order valence-electron chi connectivity index (χ4n) is 3.70. The average Bonchev–Trinajstić information content (AvgIpc) is 2.74. The summed E-state index contributed by atoms with van der Waals surface area (Å²) in [5.41, 5.74) is 1.98. The van der Waals surface area contributed by atoms with Crippen LogP contribution in [-0.2, 0) is 12.6 Å². The molecular formula is C22H18F4N4O.